The van der Waals surface area contributed by atoms with Gasteiger partial charge >= 0.3 is 0 Å². The van der Waals surface area contributed by atoms with Crippen molar-refractivity contribution in [1.82, 2.24) is 10.6 Å². The van der Waals surface area contributed by atoms with Gasteiger partial charge in [0.25, 0.3) is 0 Å². The highest BCUT2D eigenvalue weighted by Gasteiger charge is 2.26. The number of hydrogen-bond donors (Lipinski definition) is 4. The third-order valence-electron chi connectivity index (χ3n) is 5.97. The number of nitrogens with one attached hydrogen (secondary N) is 2. The number of benzene rings is 3. The zero-order valence-electron chi connectivity index (χ0n) is 20.8. The fraction of sp³-hybridized carbons (Fsp3) is 0.321. The van der Waals surface area contributed by atoms with E-state index in [-0.39, 0.29) is 23.6 Å². The fourth-order valence-corrected chi connectivity index (χ4v) is 5.20. The van der Waals surface area contributed by atoms with Gasteiger partial charge in [0.15, 0.2) is 9.84 Å². The van der Waals surface area contributed by atoms with Crippen molar-refractivity contribution in [1.29, 1.82) is 0 Å². The normalized spacial score (nSPS) is 13.9. The van der Waals surface area contributed by atoms with Gasteiger partial charge in [-0.05, 0) is 48.2 Å². The molecule has 1 amide bonds. The summed E-state index contributed by atoms with van der Waals surface area (Å²) in [4.78, 5) is 12.9. The molecule has 37 heavy (non-hydrogen) atoms. The smallest absolute Gasteiger partial charge is 0.249 e. The summed E-state index contributed by atoms with van der Waals surface area (Å²) < 4.78 is 30.2. The molecule has 3 atom stereocenters. The van der Waals surface area contributed by atoms with E-state index >= 15 is 0 Å². The van der Waals surface area contributed by atoms with Gasteiger partial charge in [0.05, 0.1) is 29.9 Å². The van der Waals surface area contributed by atoms with E-state index in [1.54, 1.807) is 25.3 Å². The first-order chi connectivity index (χ1) is 17.8. The van der Waals surface area contributed by atoms with Gasteiger partial charge in [-0.3, -0.25) is 4.79 Å². The molecule has 3 aromatic rings. The van der Waals surface area contributed by atoms with Crippen LogP contribution >= 0.6 is 0 Å². The van der Waals surface area contributed by atoms with Gasteiger partial charge in [-0.2, -0.15) is 0 Å². The number of aliphatic hydroxyl groups is 2. The number of ether oxygens (including phenoxy) is 1. The molecule has 4 N–H and O–H groups in total. The van der Waals surface area contributed by atoms with Crippen molar-refractivity contribution in [3.63, 3.8) is 0 Å². The maximum Gasteiger partial charge on any atom is 0.249 e. The molecule has 0 fully saturated rings. The number of hydrogen-bond acceptors (Lipinski definition) is 7. The Morgan fingerprint density at radius 2 is 1.57 bits per heavy atom. The molecular formula is C28H34N2O6S. The highest BCUT2D eigenvalue weighted by Crippen LogP contribution is 2.14. The molecule has 3 rings (SSSR count). The summed E-state index contributed by atoms with van der Waals surface area (Å²) in [6, 6.07) is 24.1. The Labute approximate surface area is 218 Å². The first-order valence-corrected chi connectivity index (χ1v) is 13.8. The van der Waals surface area contributed by atoms with Crippen LogP contribution in [-0.2, 0) is 27.6 Å². The first-order valence-electron chi connectivity index (χ1n) is 12.1. The van der Waals surface area contributed by atoms with Crippen molar-refractivity contribution >= 4 is 15.7 Å². The Bertz CT molecular complexity index is 1220. The molecule has 0 aliphatic carbocycles. The van der Waals surface area contributed by atoms with Crippen LogP contribution in [0.2, 0.25) is 0 Å². The molecular weight excluding hydrogens is 492 g/mol. The van der Waals surface area contributed by atoms with E-state index in [0.717, 1.165) is 16.9 Å². The van der Waals surface area contributed by atoms with E-state index in [2.05, 4.69) is 10.6 Å². The fourth-order valence-electron chi connectivity index (χ4n) is 3.86. The van der Waals surface area contributed by atoms with Gasteiger partial charge < -0.3 is 25.6 Å². The van der Waals surface area contributed by atoms with E-state index in [1.165, 1.54) is 12.1 Å². The number of methoxy groups -OCH3 is 1. The van der Waals surface area contributed by atoms with Crippen LogP contribution in [0.25, 0.3) is 0 Å². The number of amides is 1. The Kier molecular flexibility index (Phi) is 10.6. The predicted octanol–water partition coefficient (Wildman–Crippen LogP) is 2.10. The van der Waals surface area contributed by atoms with Crippen LogP contribution < -0.4 is 15.4 Å². The summed E-state index contributed by atoms with van der Waals surface area (Å²) >= 11 is 0. The SMILES string of the molecule is COc1cccc(CNCC(O)C(Cc2ccccc2)NC(=O)C(O)CCS(=O)(=O)c2ccccc2)c1. The Hall–Kier alpha value is -3.24. The van der Waals surface area contributed by atoms with Gasteiger partial charge in [0.1, 0.15) is 11.9 Å². The Morgan fingerprint density at radius 1 is 0.919 bits per heavy atom. The average Bonchev–Trinajstić information content (AvgIpc) is 2.92. The van der Waals surface area contributed by atoms with Crippen molar-refractivity contribution < 1.29 is 28.2 Å². The Morgan fingerprint density at radius 3 is 2.24 bits per heavy atom. The van der Waals surface area contributed by atoms with Gasteiger partial charge in [0.2, 0.25) is 5.91 Å². The third-order valence-corrected chi connectivity index (χ3v) is 7.74. The zero-order chi connectivity index (χ0) is 26.7. The molecule has 0 saturated carbocycles. The van der Waals surface area contributed by atoms with E-state index in [0.29, 0.717) is 13.0 Å². The highest BCUT2D eigenvalue weighted by atomic mass is 32.2. The van der Waals surface area contributed by atoms with Gasteiger partial charge in [-0.15, -0.1) is 0 Å². The summed E-state index contributed by atoms with van der Waals surface area (Å²) in [5.41, 5.74) is 1.88. The molecule has 0 saturated heterocycles. The van der Waals surface area contributed by atoms with Crippen LogP contribution in [0.3, 0.4) is 0 Å². The molecule has 0 spiro atoms. The molecule has 198 valence electrons. The average molecular weight is 527 g/mol. The van der Waals surface area contributed by atoms with Crippen LogP contribution in [0, 0.1) is 0 Å². The predicted molar refractivity (Wildman–Crippen MR) is 142 cm³/mol. The molecule has 0 heterocycles. The minimum absolute atomic E-state index is 0.141. The molecule has 8 nitrogen and oxygen atoms in total. The molecule has 0 radical (unpaired) electrons. The van der Waals surface area contributed by atoms with E-state index in [4.69, 9.17) is 4.74 Å². The summed E-state index contributed by atoms with van der Waals surface area (Å²) in [5, 5.41) is 27.2. The molecule has 3 unspecified atom stereocenters. The van der Waals surface area contributed by atoms with Crippen LogP contribution in [0.4, 0.5) is 0 Å². The molecule has 9 heteroatoms. The molecule has 0 aliphatic rings. The first kappa shape index (κ1) is 28.3. The Balaban J connectivity index is 1.59. The van der Waals surface area contributed by atoms with Crippen LogP contribution in [-0.4, -0.2) is 62.2 Å². The van der Waals surface area contributed by atoms with Crippen LogP contribution in [0.1, 0.15) is 17.5 Å². The van der Waals surface area contributed by atoms with Crippen molar-refractivity contribution in [3.05, 3.63) is 96.1 Å². The van der Waals surface area contributed by atoms with E-state index in [1.807, 2.05) is 54.6 Å². The van der Waals surface area contributed by atoms with Crippen LogP contribution in [0.5, 0.6) is 5.75 Å². The minimum atomic E-state index is -3.63. The summed E-state index contributed by atoms with van der Waals surface area (Å²) in [7, 11) is -2.04. The van der Waals surface area contributed by atoms with E-state index in [9.17, 15) is 23.4 Å². The van der Waals surface area contributed by atoms with Gasteiger partial charge in [-0.1, -0.05) is 60.7 Å². The maximum atomic E-state index is 12.8. The standard InChI is InChI=1S/C28H34N2O6S/c1-36-23-12-8-11-22(17-23)19-29-20-27(32)25(18-21-9-4-2-5-10-21)30-28(33)26(31)15-16-37(34,35)24-13-6-3-7-14-24/h2-14,17,25-27,29,31-32H,15-16,18-20H2,1H3,(H,30,33). The zero-order valence-corrected chi connectivity index (χ0v) is 21.6. The minimum Gasteiger partial charge on any atom is -0.497 e. The largest absolute Gasteiger partial charge is 0.497 e. The number of carbonyl (C=O) groups excluding carboxylic acids is 1. The number of rotatable bonds is 14. The second-order valence-corrected chi connectivity index (χ2v) is 10.9. The van der Waals surface area contributed by atoms with Crippen molar-refractivity contribution in [2.75, 3.05) is 19.4 Å². The van der Waals surface area contributed by atoms with E-state index < -0.39 is 34.0 Å². The summed E-state index contributed by atoms with van der Waals surface area (Å²) in [6.07, 6.45) is -2.42. The van der Waals surface area contributed by atoms with Gasteiger partial charge in [0, 0.05) is 13.1 Å². The molecule has 0 bridgehead atoms. The van der Waals surface area contributed by atoms with Crippen molar-refractivity contribution in [2.45, 2.75) is 42.5 Å². The number of sulfone groups is 1. The second-order valence-electron chi connectivity index (χ2n) is 8.79. The lowest BCUT2D eigenvalue weighted by Gasteiger charge is -2.26. The second kappa shape index (κ2) is 13.9. The number of aliphatic hydroxyl groups excluding tert-OH is 2. The molecule has 0 aliphatic heterocycles. The third kappa shape index (κ3) is 8.98. The topological polar surface area (TPSA) is 125 Å². The summed E-state index contributed by atoms with van der Waals surface area (Å²) in [6.45, 7) is 0.674. The molecule has 3 aromatic carbocycles. The maximum absolute atomic E-state index is 12.8. The van der Waals surface area contributed by atoms with Gasteiger partial charge in [-0.25, -0.2) is 8.42 Å². The quantitative estimate of drug-likeness (QED) is 0.254. The van der Waals surface area contributed by atoms with Crippen molar-refractivity contribution in [3.8, 4) is 5.75 Å². The highest BCUT2D eigenvalue weighted by molar-refractivity contribution is 7.91. The number of carbonyl (C=O) groups is 1. The monoisotopic (exact) mass is 526 g/mol. The lowest BCUT2D eigenvalue weighted by Crippen LogP contribution is -2.51. The summed E-state index contributed by atoms with van der Waals surface area (Å²) in [5.74, 6) is -0.368. The lowest BCUT2D eigenvalue weighted by atomic mass is 10.0. The molecule has 0 aromatic heterocycles. The lowest BCUT2D eigenvalue weighted by molar-refractivity contribution is -0.131. The van der Waals surface area contributed by atoms with Crippen LogP contribution in [0.15, 0.2) is 89.8 Å². The van der Waals surface area contributed by atoms with Crippen molar-refractivity contribution in [2.24, 2.45) is 0 Å².